The molecule has 0 spiro atoms. The van der Waals surface area contributed by atoms with Crippen LogP contribution in [0, 0.1) is 0 Å². The van der Waals surface area contributed by atoms with Gasteiger partial charge in [0.15, 0.2) is 0 Å². The molecule has 2 rings (SSSR count). The van der Waals surface area contributed by atoms with Crippen molar-refractivity contribution >= 4 is 23.4 Å². The van der Waals surface area contributed by atoms with Crippen LogP contribution in [-0.2, 0) is 9.47 Å². The van der Waals surface area contributed by atoms with Crippen LogP contribution in [0.25, 0.3) is 6.08 Å². The van der Waals surface area contributed by atoms with E-state index in [4.69, 9.17) is 26.8 Å². The number of anilines is 1. The average molecular weight is 240 g/mol. The maximum atomic E-state index is 5.83. The summed E-state index contributed by atoms with van der Waals surface area (Å²) < 4.78 is 10.9. The first-order chi connectivity index (χ1) is 7.74. The third-order valence-corrected chi connectivity index (χ3v) is 2.80. The van der Waals surface area contributed by atoms with Crippen LogP contribution in [0.2, 0.25) is 0 Å². The molecular weight excluding hydrogens is 226 g/mol. The number of halogens is 1. The van der Waals surface area contributed by atoms with Gasteiger partial charge >= 0.3 is 0 Å². The Morgan fingerprint density at radius 3 is 2.44 bits per heavy atom. The molecule has 1 aliphatic heterocycles. The van der Waals surface area contributed by atoms with Crippen molar-refractivity contribution in [3.63, 3.8) is 0 Å². The van der Waals surface area contributed by atoms with Crippen molar-refractivity contribution in [1.29, 1.82) is 0 Å². The van der Waals surface area contributed by atoms with Crippen LogP contribution in [0.3, 0.4) is 0 Å². The van der Waals surface area contributed by atoms with Crippen LogP contribution in [0.1, 0.15) is 5.56 Å². The average Bonchev–Trinajstić information content (AvgIpc) is 2.78. The molecule has 1 fully saturated rings. The topological polar surface area (TPSA) is 44.5 Å². The SMILES string of the molecule is Nc1ccc(/C=C/C2(CCl)OCCO2)cc1. The molecule has 1 aromatic carbocycles. The monoisotopic (exact) mass is 239 g/mol. The van der Waals surface area contributed by atoms with E-state index in [1.807, 2.05) is 36.4 Å². The first kappa shape index (κ1) is 11.5. The van der Waals surface area contributed by atoms with Gasteiger partial charge in [0.2, 0.25) is 5.79 Å². The predicted octanol–water partition coefficient (Wildman–Crippen LogP) is 2.26. The highest BCUT2D eigenvalue weighted by molar-refractivity contribution is 6.18. The van der Waals surface area contributed by atoms with Gasteiger partial charge in [0.25, 0.3) is 0 Å². The zero-order chi connectivity index (χ0) is 11.4. The van der Waals surface area contributed by atoms with Crippen molar-refractivity contribution in [2.75, 3.05) is 24.8 Å². The second kappa shape index (κ2) is 4.87. The normalized spacial score (nSPS) is 19.3. The minimum absolute atomic E-state index is 0.290. The Morgan fingerprint density at radius 1 is 1.25 bits per heavy atom. The Bertz CT molecular complexity index is 369. The van der Waals surface area contributed by atoms with Crippen molar-refractivity contribution in [3.8, 4) is 0 Å². The molecule has 0 atom stereocenters. The van der Waals surface area contributed by atoms with E-state index in [-0.39, 0.29) is 0 Å². The van der Waals surface area contributed by atoms with Gasteiger partial charge in [-0.25, -0.2) is 0 Å². The molecule has 4 heteroatoms. The lowest BCUT2D eigenvalue weighted by atomic mass is 10.1. The molecule has 3 nitrogen and oxygen atoms in total. The number of rotatable bonds is 3. The molecule has 86 valence electrons. The van der Waals surface area contributed by atoms with E-state index in [9.17, 15) is 0 Å². The van der Waals surface area contributed by atoms with Gasteiger partial charge < -0.3 is 15.2 Å². The van der Waals surface area contributed by atoms with Gasteiger partial charge in [-0.1, -0.05) is 18.2 Å². The van der Waals surface area contributed by atoms with E-state index in [0.717, 1.165) is 11.3 Å². The van der Waals surface area contributed by atoms with Crippen molar-refractivity contribution in [1.82, 2.24) is 0 Å². The molecule has 1 heterocycles. The maximum Gasteiger partial charge on any atom is 0.202 e. The third kappa shape index (κ3) is 2.55. The molecule has 0 radical (unpaired) electrons. The van der Waals surface area contributed by atoms with E-state index >= 15 is 0 Å². The second-order valence-electron chi connectivity index (χ2n) is 3.64. The summed E-state index contributed by atoms with van der Waals surface area (Å²) in [5, 5.41) is 0. The van der Waals surface area contributed by atoms with Gasteiger partial charge in [-0.15, -0.1) is 11.6 Å². The van der Waals surface area contributed by atoms with Crippen LogP contribution in [-0.4, -0.2) is 24.9 Å². The van der Waals surface area contributed by atoms with Gasteiger partial charge in [0.1, 0.15) is 0 Å². The minimum Gasteiger partial charge on any atom is -0.399 e. The zero-order valence-electron chi connectivity index (χ0n) is 8.86. The van der Waals surface area contributed by atoms with Crippen LogP contribution in [0.4, 0.5) is 5.69 Å². The molecule has 0 unspecified atom stereocenters. The molecule has 0 bridgehead atoms. The van der Waals surface area contributed by atoms with Gasteiger partial charge in [-0.3, -0.25) is 0 Å². The molecule has 0 amide bonds. The first-order valence-electron chi connectivity index (χ1n) is 5.13. The highest BCUT2D eigenvalue weighted by Crippen LogP contribution is 2.23. The minimum atomic E-state index is -0.761. The largest absolute Gasteiger partial charge is 0.399 e. The summed E-state index contributed by atoms with van der Waals surface area (Å²) in [7, 11) is 0. The first-order valence-corrected chi connectivity index (χ1v) is 5.66. The zero-order valence-corrected chi connectivity index (χ0v) is 9.61. The Balaban J connectivity index is 2.10. The van der Waals surface area contributed by atoms with E-state index in [1.54, 1.807) is 0 Å². The number of ether oxygens (including phenoxy) is 2. The van der Waals surface area contributed by atoms with Gasteiger partial charge in [-0.2, -0.15) is 0 Å². The van der Waals surface area contributed by atoms with Crippen LogP contribution in [0.5, 0.6) is 0 Å². The fraction of sp³-hybridized carbons (Fsp3) is 0.333. The Hall–Kier alpha value is -1.03. The third-order valence-electron chi connectivity index (χ3n) is 2.43. The molecule has 16 heavy (non-hydrogen) atoms. The fourth-order valence-corrected chi connectivity index (χ4v) is 1.76. The quantitative estimate of drug-likeness (QED) is 0.650. The smallest absolute Gasteiger partial charge is 0.202 e. The molecular formula is C12H14ClNO2. The molecule has 1 saturated heterocycles. The van der Waals surface area contributed by atoms with Crippen LogP contribution in [0.15, 0.2) is 30.3 Å². The molecule has 0 saturated carbocycles. The van der Waals surface area contributed by atoms with Gasteiger partial charge in [0.05, 0.1) is 19.1 Å². The molecule has 0 aromatic heterocycles. The Labute approximate surface area is 99.8 Å². The summed E-state index contributed by atoms with van der Waals surface area (Å²) in [6.07, 6.45) is 3.77. The number of hydrogen-bond acceptors (Lipinski definition) is 3. The lowest BCUT2D eigenvalue weighted by molar-refractivity contribution is -0.0959. The van der Waals surface area contributed by atoms with Crippen molar-refractivity contribution in [3.05, 3.63) is 35.9 Å². The Kier molecular flexibility index (Phi) is 3.49. The number of benzene rings is 1. The van der Waals surface area contributed by atoms with Crippen LogP contribution >= 0.6 is 11.6 Å². The predicted molar refractivity (Wildman–Crippen MR) is 65.2 cm³/mol. The van der Waals surface area contributed by atoms with Crippen molar-refractivity contribution in [2.45, 2.75) is 5.79 Å². The van der Waals surface area contributed by atoms with Crippen molar-refractivity contribution < 1.29 is 9.47 Å². The van der Waals surface area contributed by atoms with Gasteiger partial charge in [-0.05, 0) is 23.8 Å². The summed E-state index contributed by atoms with van der Waals surface area (Å²) >= 11 is 5.83. The Morgan fingerprint density at radius 2 is 1.88 bits per heavy atom. The number of nitrogen functional groups attached to an aromatic ring is 1. The summed E-state index contributed by atoms with van der Waals surface area (Å²) in [6, 6.07) is 7.57. The standard InChI is InChI=1S/C12H14ClNO2/c13-9-12(15-7-8-16-12)6-5-10-1-3-11(14)4-2-10/h1-6H,7-9,14H2/b6-5+. The molecule has 1 aliphatic rings. The van der Waals surface area contributed by atoms with Gasteiger partial charge in [0, 0.05) is 5.69 Å². The summed E-state index contributed by atoms with van der Waals surface area (Å²) in [5.41, 5.74) is 7.39. The second-order valence-corrected chi connectivity index (χ2v) is 3.91. The molecule has 1 aromatic rings. The summed E-state index contributed by atoms with van der Waals surface area (Å²) in [4.78, 5) is 0. The van der Waals surface area contributed by atoms with E-state index in [1.165, 1.54) is 0 Å². The number of nitrogens with two attached hydrogens (primary N) is 1. The fourth-order valence-electron chi connectivity index (χ4n) is 1.52. The molecule has 0 aliphatic carbocycles. The lowest BCUT2D eigenvalue weighted by Crippen LogP contribution is -2.29. The van der Waals surface area contributed by atoms with Crippen LogP contribution < -0.4 is 5.73 Å². The lowest BCUT2D eigenvalue weighted by Gasteiger charge is -2.20. The summed E-state index contributed by atoms with van der Waals surface area (Å²) in [6.45, 7) is 1.16. The summed E-state index contributed by atoms with van der Waals surface area (Å²) in [5.74, 6) is -0.471. The number of alkyl halides is 1. The highest BCUT2D eigenvalue weighted by Gasteiger charge is 2.32. The van der Waals surface area contributed by atoms with E-state index in [0.29, 0.717) is 19.1 Å². The number of hydrogen-bond donors (Lipinski definition) is 1. The maximum absolute atomic E-state index is 5.83. The van der Waals surface area contributed by atoms with E-state index in [2.05, 4.69) is 0 Å². The van der Waals surface area contributed by atoms with E-state index < -0.39 is 5.79 Å². The molecule has 2 N–H and O–H groups in total. The van der Waals surface area contributed by atoms with Crippen molar-refractivity contribution in [2.24, 2.45) is 0 Å². The highest BCUT2D eigenvalue weighted by atomic mass is 35.5.